The lowest BCUT2D eigenvalue weighted by Gasteiger charge is -2.35. The molecule has 5 nitrogen and oxygen atoms in total. The number of ether oxygens (including phenoxy) is 1. The molecule has 0 unspecified atom stereocenters. The fourth-order valence-electron chi connectivity index (χ4n) is 2.01. The van der Waals surface area contributed by atoms with Crippen molar-refractivity contribution in [1.82, 2.24) is 4.98 Å². The average molecular weight is 252 g/mol. The van der Waals surface area contributed by atoms with Crippen molar-refractivity contribution in [2.75, 3.05) is 24.6 Å². The zero-order valence-electron chi connectivity index (χ0n) is 11.2. The smallest absolute Gasteiger partial charge is 0.360 e. The van der Waals surface area contributed by atoms with E-state index >= 15 is 0 Å². The second kappa shape index (κ2) is 5.00. The Labute approximate surface area is 107 Å². The van der Waals surface area contributed by atoms with Gasteiger partial charge < -0.3 is 14.1 Å². The predicted octanol–water partition coefficient (Wildman–Crippen LogP) is 2.48. The lowest BCUT2D eigenvalue weighted by atomic mass is 9.83. The van der Waals surface area contributed by atoms with Gasteiger partial charge in [0.15, 0.2) is 5.69 Å². The van der Waals surface area contributed by atoms with E-state index in [-0.39, 0.29) is 5.69 Å². The zero-order chi connectivity index (χ0) is 13.2. The molecule has 1 aromatic rings. The Morgan fingerprint density at radius 3 is 2.78 bits per heavy atom. The summed E-state index contributed by atoms with van der Waals surface area (Å²) in [5, 5.41) is 0. The van der Waals surface area contributed by atoms with Crippen molar-refractivity contribution in [2.24, 2.45) is 5.41 Å². The number of carbonyl (C=O) groups is 1. The second-order valence-electron chi connectivity index (χ2n) is 5.39. The fraction of sp³-hybridized carbons (Fsp3) is 0.692. The lowest BCUT2D eigenvalue weighted by Crippen LogP contribution is -2.37. The van der Waals surface area contributed by atoms with E-state index in [1.165, 1.54) is 6.26 Å². The summed E-state index contributed by atoms with van der Waals surface area (Å²) < 4.78 is 10.2. The molecule has 0 aliphatic carbocycles. The van der Waals surface area contributed by atoms with Crippen LogP contribution in [0.15, 0.2) is 10.7 Å². The molecule has 100 valence electrons. The molecule has 1 aliphatic heterocycles. The van der Waals surface area contributed by atoms with Crippen LogP contribution in [0.1, 0.15) is 44.1 Å². The van der Waals surface area contributed by atoms with Crippen molar-refractivity contribution >= 4 is 12.0 Å². The molecule has 0 atom stereocenters. The maximum atomic E-state index is 11.5. The SMILES string of the molecule is CCOC(=O)c1coc(N2CCC(C)(C)CC2)n1. The number of piperidine rings is 1. The van der Waals surface area contributed by atoms with Gasteiger partial charge in [-0.25, -0.2) is 4.79 Å². The van der Waals surface area contributed by atoms with Gasteiger partial charge in [0, 0.05) is 13.1 Å². The van der Waals surface area contributed by atoms with Crippen molar-refractivity contribution in [1.29, 1.82) is 0 Å². The molecular weight excluding hydrogens is 232 g/mol. The highest BCUT2D eigenvalue weighted by molar-refractivity contribution is 5.87. The van der Waals surface area contributed by atoms with Crippen molar-refractivity contribution in [3.8, 4) is 0 Å². The van der Waals surface area contributed by atoms with Crippen molar-refractivity contribution < 1.29 is 13.9 Å². The summed E-state index contributed by atoms with van der Waals surface area (Å²) in [4.78, 5) is 17.7. The second-order valence-corrected chi connectivity index (χ2v) is 5.39. The molecule has 0 radical (unpaired) electrons. The summed E-state index contributed by atoms with van der Waals surface area (Å²) in [6.45, 7) is 8.48. The Morgan fingerprint density at radius 2 is 2.17 bits per heavy atom. The monoisotopic (exact) mass is 252 g/mol. The molecule has 1 fully saturated rings. The van der Waals surface area contributed by atoms with Gasteiger partial charge in [-0.05, 0) is 25.2 Å². The van der Waals surface area contributed by atoms with Crippen LogP contribution < -0.4 is 4.90 Å². The Balaban J connectivity index is 2.00. The Kier molecular flexibility index (Phi) is 3.59. The standard InChI is InChI=1S/C13H20N2O3/c1-4-17-11(16)10-9-18-12(14-10)15-7-5-13(2,3)6-8-15/h9H,4-8H2,1-3H3. The molecular formula is C13H20N2O3. The highest BCUT2D eigenvalue weighted by Crippen LogP contribution is 2.31. The molecule has 0 N–H and O–H groups in total. The number of aromatic nitrogens is 1. The maximum absolute atomic E-state index is 11.5. The van der Waals surface area contributed by atoms with Crippen LogP contribution in [0, 0.1) is 5.41 Å². The molecule has 1 saturated heterocycles. The van der Waals surface area contributed by atoms with E-state index in [9.17, 15) is 4.79 Å². The Bertz CT molecular complexity index is 416. The average Bonchev–Trinajstić information content (AvgIpc) is 2.79. The summed E-state index contributed by atoms with van der Waals surface area (Å²) in [6, 6.07) is 0.522. The number of carbonyl (C=O) groups excluding carboxylic acids is 1. The van der Waals surface area contributed by atoms with Gasteiger partial charge in [0.25, 0.3) is 6.01 Å². The van der Waals surface area contributed by atoms with Crippen LogP contribution in [0.25, 0.3) is 0 Å². The molecule has 1 aliphatic rings. The summed E-state index contributed by atoms with van der Waals surface area (Å²) in [5.41, 5.74) is 0.629. The Morgan fingerprint density at radius 1 is 1.50 bits per heavy atom. The third kappa shape index (κ3) is 2.83. The first-order valence-corrected chi connectivity index (χ1v) is 6.39. The number of anilines is 1. The van der Waals surface area contributed by atoms with Crippen LogP contribution >= 0.6 is 0 Å². The summed E-state index contributed by atoms with van der Waals surface area (Å²) in [7, 11) is 0. The quantitative estimate of drug-likeness (QED) is 0.773. The fourth-order valence-corrected chi connectivity index (χ4v) is 2.01. The Hall–Kier alpha value is -1.52. The van der Waals surface area contributed by atoms with Gasteiger partial charge >= 0.3 is 5.97 Å². The van der Waals surface area contributed by atoms with Crippen molar-refractivity contribution in [2.45, 2.75) is 33.6 Å². The first kappa shape index (κ1) is 12.9. The van der Waals surface area contributed by atoms with E-state index in [1.54, 1.807) is 6.92 Å². The minimum absolute atomic E-state index is 0.247. The molecule has 0 saturated carbocycles. The van der Waals surface area contributed by atoms with Crippen LogP contribution in [-0.4, -0.2) is 30.6 Å². The predicted molar refractivity (Wildman–Crippen MR) is 67.7 cm³/mol. The third-order valence-electron chi connectivity index (χ3n) is 3.36. The highest BCUT2D eigenvalue weighted by atomic mass is 16.5. The van der Waals surface area contributed by atoms with Crippen molar-refractivity contribution in [3.63, 3.8) is 0 Å². The van der Waals surface area contributed by atoms with E-state index in [4.69, 9.17) is 9.15 Å². The summed E-state index contributed by atoms with van der Waals surface area (Å²) >= 11 is 0. The normalized spacial score (nSPS) is 18.7. The molecule has 18 heavy (non-hydrogen) atoms. The minimum atomic E-state index is -0.426. The van der Waals surface area contributed by atoms with E-state index in [0.29, 0.717) is 18.0 Å². The molecule has 5 heteroatoms. The van der Waals surface area contributed by atoms with E-state index in [2.05, 4.69) is 23.7 Å². The third-order valence-corrected chi connectivity index (χ3v) is 3.36. The number of rotatable bonds is 3. The summed E-state index contributed by atoms with van der Waals surface area (Å²) in [5.74, 6) is -0.426. The van der Waals surface area contributed by atoms with Gasteiger partial charge in [-0.2, -0.15) is 4.98 Å². The maximum Gasteiger partial charge on any atom is 0.360 e. The summed E-state index contributed by atoms with van der Waals surface area (Å²) in [6.07, 6.45) is 3.57. The molecule has 0 bridgehead atoms. The van der Waals surface area contributed by atoms with Gasteiger partial charge in [-0.3, -0.25) is 0 Å². The molecule has 0 amide bonds. The van der Waals surface area contributed by atoms with E-state index in [1.807, 2.05) is 0 Å². The number of esters is 1. The van der Waals surface area contributed by atoms with Crippen LogP contribution in [0.5, 0.6) is 0 Å². The largest absolute Gasteiger partial charge is 0.461 e. The number of hydrogen-bond donors (Lipinski definition) is 0. The molecule has 1 aromatic heterocycles. The number of hydrogen-bond acceptors (Lipinski definition) is 5. The van der Waals surface area contributed by atoms with Gasteiger partial charge in [0.05, 0.1) is 6.61 Å². The van der Waals surface area contributed by atoms with Crippen molar-refractivity contribution in [3.05, 3.63) is 12.0 Å². The van der Waals surface area contributed by atoms with Gasteiger partial charge in [-0.15, -0.1) is 0 Å². The van der Waals surface area contributed by atoms with E-state index < -0.39 is 5.97 Å². The van der Waals surface area contributed by atoms with Gasteiger partial charge in [0.1, 0.15) is 6.26 Å². The van der Waals surface area contributed by atoms with Gasteiger partial charge in [0.2, 0.25) is 0 Å². The minimum Gasteiger partial charge on any atom is -0.461 e. The van der Waals surface area contributed by atoms with Gasteiger partial charge in [-0.1, -0.05) is 13.8 Å². The number of nitrogens with zero attached hydrogens (tertiary/aromatic N) is 2. The highest BCUT2D eigenvalue weighted by Gasteiger charge is 2.28. The molecule has 0 aromatic carbocycles. The zero-order valence-corrected chi connectivity index (χ0v) is 11.2. The number of oxazole rings is 1. The van der Waals surface area contributed by atoms with Crippen LogP contribution in [0.4, 0.5) is 6.01 Å². The van der Waals surface area contributed by atoms with Crippen LogP contribution in [0.2, 0.25) is 0 Å². The first-order chi connectivity index (χ1) is 8.52. The topological polar surface area (TPSA) is 55.6 Å². The van der Waals surface area contributed by atoms with E-state index in [0.717, 1.165) is 25.9 Å². The lowest BCUT2D eigenvalue weighted by molar-refractivity contribution is 0.0519. The molecule has 0 spiro atoms. The van der Waals surface area contributed by atoms with Crippen LogP contribution in [-0.2, 0) is 4.74 Å². The van der Waals surface area contributed by atoms with Crippen LogP contribution in [0.3, 0.4) is 0 Å². The first-order valence-electron chi connectivity index (χ1n) is 6.39. The molecule has 2 heterocycles. The molecule has 2 rings (SSSR count).